The number of aliphatic hydroxyl groups excluding tert-OH is 2. The van der Waals surface area contributed by atoms with Gasteiger partial charge < -0.3 is 26.6 Å². The van der Waals surface area contributed by atoms with Crippen LogP contribution in [0.25, 0.3) is 0 Å². The van der Waals surface area contributed by atoms with Crippen molar-refractivity contribution in [1.29, 1.82) is 0 Å². The predicted molar refractivity (Wildman–Crippen MR) is 103 cm³/mol. The smallest absolute Gasteiger partial charge is 0.196 e. The van der Waals surface area contributed by atoms with E-state index in [0.717, 1.165) is 36.1 Å². The van der Waals surface area contributed by atoms with E-state index in [-0.39, 0.29) is 25.2 Å². The third-order valence-corrected chi connectivity index (χ3v) is 4.73. The number of anilines is 1. The number of hydrogen-bond acceptors (Lipinski definition) is 4. The monoisotopic (exact) mass is 348 g/mol. The molecule has 6 heteroatoms. The van der Waals surface area contributed by atoms with Crippen LogP contribution >= 0.6 is 0 Å². The van der Waals surface area contributed by atoms with Crippen LogP contribution in [0.1, 0.15) is 42.4 Å². The highest BCUT2D eigenvalue weighted by molar-refractivity contribution is 5.95. The molecule has 6 nitrogen and oxygen atoms in total. The van der Waals surface area contributed by atoms with Crippen molar-refractivity contribution in [3.05, 3.63) is 28.8 Å². The normalized spacial score (nSPS) is 22.6. The molecule has 2 rings (SSSR count). The molecule has 1 aliphatic carbocycles. The van der Waals surface area contributed by atoms with Gasteiger partial charge in [0.1, 0.15) is 0 Å². The quantitative estimate of drug-likeness (QED) is 0.411. The number of guanidine groups is 1. The van der Waals surface area contributed by atoms with Gasteiger partial charge in [-0.25, -0.2) is 0 Å². The van der Waals surface area contributed by atoms with Crippen LogP contribution in [0.2, 0.25) is 0 Å². The molecule has 0 radical (unpaired) electrons. The van der Waals surface area contributed by atoms with Crippen molar-refractivity contribution in [2.75, 3.05) is 18.5 Å². The Kier molecular flexibility index (Phi) is 7.23. The van der Waals surface area contributed by atoms with Crippen molar-refractivity contribution < 1.29 is 10.2 Å². The molecule has 140 valence electrons. The fourth-order valence-corrected chi connectivity index (χ4v) is 3.39. The molecule has 1 aromatic carbocycles. The van der Waals surface area contributed by atoms with Gasteiger partial charge in [0.2, 0.25) is 0 Å². The number of aryl methyl sites for hydroxylation is 3. The fraction of sp³-hybridized carbons (Fsp3) is 0.632. The molecule has 25 heavy (non-hydrogen) atoms. The summed E-state index contributed by atoms with van der Waals surface area (Å²) in [6.07, 6.45) is 3.47. The summed E-state index contributed by atoms with van der Waals surface area (Å²) in [5.41, 5.74) is 10.8. The van der Waals surface area contributed by atoms with Crippen molar-refractivity contribution in [2.24, 2.45) is 10.7 Å². The van der Waals surface area contributed by atoms with Gasteiger partial charge in [0.05, 0.1) is 19.3 Å². The summed E-state index contributed by atoms with van der Waals surface area (Å²) in [5, 5.41) is 25.5. The molecule has 1 aromatic rings. The Morgan fingerprint density at radius 1 is 1.24 bits per heavy atom. The van der Waals surface area contributed by atoms with Gasteiger partial charge in [-0.15, -0.1) is 0 Å². The molecule has 0 saturated heterocycles. The van der Waals surface area contributed by atoms with Crippen molar-refractivity contribution in [1.82, 2.24) is 5.32 Å². The van der Waals surface area contributed by atoms with Crippen LogP contribution in [0.4, 0.5) is 5.69 Å². The minimum absolute atomic E-state index is 0.101. The van der Waals surface area contributed by atoms with Crippen LogP contribution in [-0.2, 0) is 0 Å². The Morgan fingerprint density at radius 3 is 2.48 bits per heavy atom. The van der Waals surface area contributed by atoms with Crippen LogP contribution in [0.5, 0.6) is 0 Å². The number of benzene rings is 1. The van der Waals surface area contributed by atoms with Gasteiger partial charge in [0, 0.05) is 17.8 Å². The topological polar surface area (TPSA) is 103 Å². The van der Waals surface area contributed by atoms with Crippen molar-refractivity contribution in [2.45, 2.75) is 64.6 Å². The number of aliphatic imine (C=N–C) groups is 1. The summed E-state index contributed by atoms with van der Waals surface area (Å²) >= 11 is 0. The molecule has 0 aromatic heterocycles. The molecule has 1 aliphatic rings. The highest BCUT2D eigenvalue weighted by atomic mass is 16.3. The molecule has 1 unspecified atom stereocenters. The first-order valence-corrected chi connectivity index (χ1v) is 9.11. The number of rotatable bonds is 5. The van der Waals surface area contributed by atoms with Crippen molar-refractivity contribution >= 4 is 11.6 Å². The molecular formula is C19H32N4O2. The van der Waals surface area contributed by atoms with Gasteiger partial charge in [-0.1, -0.05) is 30.5 Å². The van der Waals surface area contributed by atoms with Gasteiger partial charge in [0.25, 0.3) is 0 Å². The highest BCUT2D eigenvalue weighted by Crippen LogP contribution is 2.22. The SMILES string of the molecule is Cc1cc(C)c(NC(=NCC(O)CO)N[C@H]2CCCC[C@@H]2N)c(C)c1. The third kappa shape index (κ3) is 5.70. The number of nitrogens with two attached hydrogens (primary N) is 1. The van der Waals surface area contributed by atoms with Gasteiger partial charge in [0.15, 0.2) is 5.96 Å². The lowest BCUT2D eigenvalue weighted by atomic mass is 9.91. The van der Waals surface area contributed by atoms with E-state index in [1.165, 1.54) is 12.0 Å². The fourth-order valence-electron chi connectivity index (χ4n) is 3.39. The van der Waals surface area contributed by atoms with Crippen molar-refractivity contribution in [3.8, 4) is 0 Å². The lowest BCUT2D eigenvalue weighted by molar-refractivity contribution is 0.102. The van der Waals surface area contributed by atoms with E-state index in [1.807, 2.05) is 0 Å². The minimum atomic E-state index is -0.862. The van der Waals surface area contributed by atoms with Crippen LogP contribution in [0.15, 0.2) is 17.1 Å². The number of nitrogens with one attached hydrogen (secondary N) is 2. The molecule has 0 heterocycles. The van der Waals surface area contributed by atoms with Gasteiger partial charge in [-0.2, -0.15) is 0 Å². The maximum absolute atomic E-state index is 9.64. The van der Waals surface area contributed by atoms with Crippen LogP contribution < -0.4 is 16.4 Å². The second kappa shape index (κ2) is 9.17. The van der Waals surface area contributed by atoms with E-state index < -0.39 is 6.10 Å². The van der Waals surface area contributed by atoms with E-state index in [4.69, 9.17) is 10.8 Å². The van der Waals surface area contributed by atoms with Crippen molar-refractivity contribution in [3.63, 3.8) is 0 Å². The average molecular weight is 348 g/mol. The van der Waals surface area contributed by atoms with Gasteiger partial charge in [-0.3, -0.25) is 4.99 Å². The lowest BCUT2D eigenvalue weighted by Crippen LogP contribution is -2.51. The Morgan fingerprint density at radius 2 is 1.88 bits per heavy atom. The molecule has 0 amide bonds. The van der Waals surface area contributed by atoms with Crippen LogP contribution in [-0.4, -0.2) is 47.5 Å². The van der Waals surface area contributed by atoms with E-state index in [1.54, 1.807) is 0 Å². The van der Waals surface area contributed by atoms with E-state index in [2.05, 4.69) is 48.5 Å². The number of hydrogen-bond donors (Lipinski definition) is 5. The first-order valence-electron chi connectivity index (χ1n) is 9.11. The van der Waals surface area contributed by atoms with Crippen LogP contribution in [0, 0.1) is 20.8 Å². The first kappa shape index (κ1) is 19.7. The molecule has 1 fully saturated rings. The largest absolute Gasteiger partial charge is 0.394 e. The van der Waals surface area contributed by atoms with Gasteiger partial charge >= 0.3 is 0 Å². The summed E-state index contributed by atoms with van der Waals surface area (Å²) in [6, 6.07) is 4.52. The third-order valence-electron chi connectivity index (χ3n) is 4.73. The zero-order chi connectivity index (χ0) is 18.4. The highest BCUT2D eigenvalue weighted by Gasteiger charge is 2.23. The number of aliphatic hydroxyl groups is 2. The second-order valence-corrected chi connectivity index (χ2v) is 7.12. The summed E-state index contributed by atoms with van der Waals surface area (Å²) in [6.45, 7) is 6.04. The minimum Gasteiger partial charge on any atom is -0.394 e. The zero-order valence-electron chi connectivity index (χ0n) is 15.5. The molecular weight excluding hydrogens is 316 g/mol. The Bertz CT molecular complexity index is 580. The summed E-state index contributed by atoms with van der Waals surface area (Å²) in [5.74, 6) is 0.602. The second-order valence-electron chi connectivity index (χ2n) is 7.12. The molecule has 6 N–H and O–H groups in total. The van der Waals surface area contributed by atoms with E-state index in [9.17, 15) is 5.11 Å². The Hall–Kier alpha value is -1.63. The van der Waals surface area contributed by atoms with Gasteiger partial charge in [-0.05, 0) is 44.7 Å². The van der Waals surface area contributed by atoms with E-state index in [0.29, 0.717) is 5.96 Å². The number of nitrogens with zero attached hydrogens (tertiary/aromatic N) is 1. The average Bonchev–Trinajstić information content (AvgIpc) is 2.57. The molecule has 3 atom stereocenters. The molecule has 0 bridgehead atoms. The first-order chi connectivity index (χ1) is 11.9. The lowest BCUT2D eigenvalue weighted by Gasteiger charge is -2.31. The summed E-state index contributed by atoms with van der Waals surface area (Å²) in [4.78, 5) is 4.45. The zero-order valence-corrected chi connectivity index (χ0v) is 15.5. The maximum Gasteiger partial charge on any atom is 0.196 e. The molecule has 0 aliphatic heterocycles. The summed E-state index contributed by atoms with van der Waals surface area (Å²) in [7, 11) is 0. The maximum atomic E-state index is 9.64. The van der Waals surface area contributed by atoms with Crippen LogP contribution in [0.3, 0.4) is 0 Å². The Labute approximate surface area is 150 Å². The Balaban J connectivity index is 2.19. The molecule has 0 spiro atoms. The predicted octanol–water partition coefficient (Wildman–Crippen LogP) is 1.59. The molecule has 1 saturated carbocycles. The summed E-state index contributed by atoms with van der Waals surface area (Å²) < 4.78 is 0. The van der Waals surface area contributed by atoms with E-state index >= 15 is 0 Å². The standard InChI is InChI=1S/C19H32N4O2/c1-12-8-13(2)18(14(3)9-12)23-19(21-10-15(25)11-24)22-17-7-5-4-6-16(17)20/h8-9,15-17,24-25H,4-7,10-11,20H2,1-3H3,(H2,21,22,23)/t15?,16-,17-/m0/s1.